The van der Waals surface area contributed by atoms with Gasteiger partial charge in [-0.2, -0.15) is 0 Å². The molecule has 0 aromatic carbocycles. The van der Waals surface area contributed by atoms with Gasteiger partial charge in [0.1, 0.15) is 0 Å². The molecule has 112 valence electrons. The van der Waals surface area contributed by atoms with Crippen LogP contribution in [0, 0.1) is 6.92 Å². The molecule has 0 radical (unpaired) electrons. The van der Waals surface area contributed by atoms with Crippen LogP contribution >= 0.6 is 11.3 Å². The Balaban J connectivity index is 1.58. The van der Waals surface area contributed by atoms with Gasteiger partial charge in [-0.1, -0.05) is 0 Å². The lowest BCUT2D eigenvalue weighted by Crippen LogP contribution is -2.34. The fourth-order valence-corrected chi connectivity index (χ4v) is 3.20. The van der Waals surface area contributed by atoms with E-state index in [4.69, 9.17) is 4.42 Å². The Morgan fingerprint density at radius 3 is 3.00 bits per heavy atom. The standard InChI is InChI=1S/C15H19N3O2S/c1-12-16-13(11-21-12)10-17-5-3-6-18(8-7-17)15(19)14-4-2-9-20-14/h2,4,9,11H,3,5-8,10H2,1H3. The smallest absolute Gasteiger partial charge is 0.289 e. The predicted octanol–water partition coefficient (Wildman–Crippen LogP) is 2.39. The van der Waals surface area contributed by atoms with E-state index in [1.54, 1.807) is 29.7 Å². The van der Waals surface area contributed by atoms with Crippen molar-refractivity contribution < 1.29 is 9.21 Å². The zero-order valence-corrected chi connectivity index (χ0v) is 12.9. The van der Waals surface area contributed by atoms with Crippen LogP contribution in [0.25, 0.3) is 0 Å². The highest BCUT2D eigenvalue weighted by Gasteiger charge is 2.22. The number of aromatic nitrogens is 1. The molecule has 2 aromatic heterocycles. The van der Waals surface area contributed by atoms with Crippen LogP contribution in [0.5, 0.6) is 0 Å². The van der Waals surface area contributed by atoms with Gasteiger partial charge in [-0.05, 0) is 25.5 Å². The van der Waals surface area contributed by atoms with Crippen LogP contribution in [0.2, 0.25) is 0 Å². The molecule has 3 rings (SSSR count). The molecule has 0 N–H and O–H groups in total. The van der Waals surface area contributed by atoms with E-state index in [9.17, 15) is 4.79 Å². The second-order valence-corrected chi connectivity index (χ2v) is 6.32. The first-order valence-corrected chi connectivity index (χ1v) is 8.06. The van der Waals surface area contributed by atoms with E-state index in [0.717, 1.165) is 49.8 Å². The van der Waals surface area contributed by atoms with Gasteiger partial charge in [0.25, 0.3) is 5.91 Å². The third-order valence-corrected chi connectivity index (χ3v) is 4.48. The molecule has 1 fully saturated rings. The summed E-state index contributed by atoms with van der Waals surface area (Å²) in [6, 6.07) is 3.48. The predicted molar refractivity (Wildman–Crippen MR) is 81.4 cm³/mol. The molecule has 0 saturated carbocycles. The van der Waals surface area contributed by atoms with Crippen molar-refractivity contribution in [2.75, 3.05) is 26.2 Å². The molecule has 0 atom stereocenters. The maximum absolute atomic E-state index is 12.3. The Kier molecular flexibility index (Phi) is 4.36. The van der Waals surface area contributed by atoms with E-state index in [0.29, 0.717) is 5.76 Å². The highest BCUT2D eigenvalue weighted by Crippen LogP contribution is 2.14. The molecule has 0 spiro atoms. The van der Waals surface area contributed by atoms with Crippen molar-refractivity contribution in [1.29, 1.82) is 0 Å². The van der Waals surface area contributed by atoms with Crippen LogP contribution in [-0.2, 0) is 6.54 Å². The number of hydrogen-bond donors (Lipinski definition) is 0. The van der Waals surface area contributed by atoms with E-state index in [1.165, 1.54) is 0 Å². The minimum Gasteiger partial charge on any atom is -0.459 e. The third kappa shape index (κ3) is 3.51. The van der Waals surface area contributed by atoms with E-state index in [-0.39, 0.29) is 5.91 Å². The zero-order valence-electron chi connectivity index (χ0n) is 12.1. The second-order valence-electron chi connectivity index (χ2n) is 5.26. The number of furan rings is 1. The number of thiazole rings is 1. The summed E-state index contributed by atoms with van der Waals surface area (Å²) in [6.45, 7) is 6.30. The van der Waals surface area contributed by atoms with Crippen molar-refractivity contribution in [2.24, 2.45) is 0 Å². The lowest BCUT2D eigenvalue weighted by atomic mass is 10.3. The van der Waals surface area contributed by atoms with Crippen molar-refractivity contribution in [3.05, 3.63) is 40.2 Å². The van der Waals surface area contributed by atoms with E-state index < -0.39 is 0 Å². The van der Waals surface area contributed by atoms with Crippen LogP contribution < -0.4 is 0 Å². The van der Waals surface area contributed by atoms with Crippen molar-refractivity contribution in [1.82, 2.24) is 14.8 Å². The summed E-state index contributed by atoms with van der Waals surface area (Å²) in [5, 5.41) is 3.22. The highest BCUT2D eigenvalue weighted by atomic mass is 32.1. The van der Waals surface area contributed by atoms with Gasteiger partial charge in [0.15, 0.2) is 5.76 Å². The minimum absolute atomic E-state index is 0.00801. The van der Waals surface area contributed by atoms with Crippen LogP contribution in [0.3, 0.4) is 0 Å². The van der Waals surface area contributed by atoms with Gasteiger partial charge in [0, 0.05) is 38.1 Å². The number of hydrogen-bond acceptors (Lipinski definition) is 5. The lowest BCUT2D eigenvalue weighted by Gasteiger charge is -2.20. The Morgan fingerprint density at radius 2 is 2.29 bits per heavy atom. The van der Waals surface area contributed by atoms with E-state index >= 15 is 0 Å². The van der Waals surface area contributed by atoms with Crippen LogP contribution in [-0.4, -0.2) is 46.9 Å². The summed E-state index contributed by atoms with van der Waals surface area (Å²) >= 11 is 1.69. The zero-order chi connectivity index (χ0) is 14.7. The first-order chi connectivity index (χ1) is 10.2. The van der Waals surface area contributed by atoms with Gasteiger partial charge in [0.05, 0.1) is 17.0 Å². The summed E-state index contributed by atoms with van der Waals surface area (Å²) in [7, 11) is 0. The highest BCUT2D eigenvalue weighted by molar-refractivity contribution is 7.09. The topological polar surface area (TPSA) is 49.6 Å². The lowest BCUT2D eigenvalue weighted by molar-refractivity contribution is 0.0729. The van der Waals surface area contributed by atoms with Crippen LogP contribution in [0.15, 0.2) is 28.2 Å². The minimum atomic E-state index is -0.00801. The summed E-state index contributed by atoms with van der Waals surface area (Å²) < 4.78 is 5.20. The molecule has 1 amide bonds. The SMILES string of the molecule is Cc1nc(CN2CCCN(C(=O)c3ccco3)CC2)cs1. The molecule has 1 aliphatic heterocycles. The van der Waals surface area contributed by atoms with Gasteiger partial charge >= 0.3 is 0 Å². The normalized spacial score (nSPS) is 16.9. The number of carbonyl (C=O) groups is 1. The summed E-state index contributed by atoms with van der Waals surface area (Å²) in [5.74, 6) is 0.421. The molecule has 21 heavy (non-hydrogen) atoms. The van der Waals surface area contributed by atoms with Gasteiger partial charge in [-0.25, -0.2) is 4.98 Å². The molecular formula is C15H19N3O2S. The molecule has 2 aromatic rings. The number of rotatable bonds is 3. The summed E-state index contributed by atoms with van der Waals surface area (Å²) in [5.41, 5.74) is 1.13. The van der Waals surface area contributed by atoms with Crippen molar-refractivity contribution in [2.45, 2.75) is 19.9 Å². The summed E-state index contributed by atoms with van der Waals surface area (Å²) in [4.78, 5) is 21.0. The number of carbonyl (C=O) groups excluding carboxylic acids is 1. The number of aryl methyl sites for hydroxylation is 1. The quantitative estimate of drug-likeness (QED) is 0.873. The maximum atomic E-state index is 12.3. The van der Waals surface area contributed by atoms with Crippen molar-refractivity contribution in [3.8, 4) is 0 Å². The van der Waals surface area contributed by atoms with E-state index in [1.807, 2.05) is 11.8 Å². The first-order valence-electron chi connectivity index (χ1n) is 7.18. The first kappa shape index (κ1) is 14.3. The molecule has 0 bridgehead atoms. The van der Waals surface area contributed by atoms with Gasteiger partial charge in [0.2, 0.25) is 0 Å². The Labute approximate surface area is 128 Å². The average Bonchev–Trinajstić information content (AvgIpc) is 3.08. The Bertz CT molecular complexity index is 594. The van der Waals surface area contributed by atoms with Gasteiger partial charge < -0.3 is 9.32 Å². The maximum Gasteiger partial charge on any atom is 0.289 e. The molecule has 1 aliphatic rings. The molecule has 6 heteroatoms. The molecule has 0 unspecified atom stereocenters. The van der Waals surface area contributed by atoms with Gasteiger partial charge in [-0.3, -0.25) is 9.69 Å². The monoisotopic (exact) mass is 305 g/mol. The number of amides is 1. The van der Waals surface area contributed by atoms with Crippen LogP contribution in [0.1, 0.15) is 27.7 Å². The summed E-state index contributed by atoms with van der Waals surface area (Å²) in [6.07, 6.45) is 2.53. The fourth-order valence-electron chi connectivity index (χ4n) is 2.60. The van der Waals surface area contributed by atoms with E-state index in [2.05, 4.69) is 15.3 Å². The molecule has 1 saturated heterocycles. The second kappa shape index (κ2) is 6.41. The van der Waals surface area contributed by atoms with Crippen molar-refractivity contribution >= 4 is 17.2 Å². The van der Waals surface area contributed by atoms with Crippen LogP contribution in [0.4, 0.5) is 0 Å². The molecule has 0 aliphatic carbocycles. The Morgan fingerprint density at radius 1 is 1.38 bits per heavy atom. The average molecular weight is 305 g/mol. The number of nitrogens with zero attached hydrogens (tertiary/aromatic N) is 3. The van der Waals surface area contributed by atoms with Gasteiger partial charge in [-0.15, -0.1) is 11.3 Å². The molecule has 3 heterocycles. The largest absolute Gasteiger partial charge is 0.459 e. The third-order valence-electron chi connectivity index (χ3n) is 3.66. The Hall–Kier alpha value is -1.66. The fraction of sp³-hybridized carbons (Fsp3) is 0.467. The molecule has 5 nitrogen and oxygen atoms in total. The van der Waals surface area contributed by atoms with Crippen molar-refractivity contribution in [3.63, 3.8) is 0 Å². The molecular weight excluding hydrogens is 286 g/mol.